The molecule has 0 unspecified atom stereocenters. The first-order chi connectivity index (χ1) is 13.5. The first-order valence-electron chi connectivity index (χ1n) is 8.40. The molecule has 0 spiro atoms. The van der Waals surface area contributed by atoms with E-state index in [9.17, 15) is 21.6 Å². The van der Waals surface area contributed by atoms with Crippen LogP contribution in [0.3, 0.4) is 0 Å². The van der Waals surface area contributed by atoms with E-state index in [0.717, 1.165) is 12.5 Å². The molecule has 8 nitrogen and oxygen atoms in total. The molecule has 3 rings (SSSR count). The number of anilines is 3. The number of H-pyrrole nitrogens is 1. The topological polar surface area (TPSA) is 109 Å². The maximum absolute atomic E-state index is 13.3. The van der Waals surface area contributed by atoms with Crippen molar-refractivity contribution < 1.29 is 26.3 Å². The number of aromatic amines is 1. The number of alkyl halides is 3. The van der Waals surface area contributed by atoms with E-state index in [1.165, 1.54) is 25.3 Å². The molecule has 29 heavy (non-hydrogen) atoms. The van der Waals surface area contributed by atoms with Crippen molar-refractivity contribution >= 4 is 38.3 Å². The molecule has 0 radical (unpaired) electrons. The summed E-state index contributed by atoms with van der Waals surface area (Å²) in [6.07, 6.45) is -2.66. The van der Waals surface area contributed by atoms with E-state index in [4.69, 9.17) is 4.74 Å². The van der Waals surface area contributed by atoms with Crippen LogP contribution in [0.1, 0.15) is 12.5 Å². The van der Waals surface area contributed by atoms with Crippen molar-refractivity contribution in [2.45, 2.75) is 18.0 Å². The zero-order chi connectivity index (χ0) is 21.4. The number of sulfone groups is 1. The van der Waals surface area contributed by atoms with Crippen LogP contribution >= 0.6 is 0 Å². The van der Waals surface area contributed by atoms with Gasteiger partial charge in [-0.25, -0.2) is 8.42 Å². The van der Waals surface area contributed by atoms with Crippen molar-refractivity contribution in [1.29, 1.82) is 0 Å². The Morgan fingerprint density at radius 3 is 2.55 bits per heavy atom. The van der Waals surface area contributed by atoms with Gasteiger partial charge in [0.15, 0.2) is 9.84 Å². The van der Waals surface area contributed by atoms with Crippen LogP contribution < -0.4 is 15.4 Å². The van der Waals surface area contributed by atoms with Crippen LogP contribution in [0.25, 0.3) is 11.0 Å². The van der Waals surface area contributed by atoms with Crippen molar-refractivity contribution in [3.63, 3.8) is 0 Å². The summed E-state index contributed by atoms with van der Waals surface area (Å²) in [6, 6.07) is 4.17. The second-order valence-electron chi connectivity index (χ2n) is 6.11. The number of ether oxygens (including phenoxy) is 1. The smallest absolute Gasteiger partial charge is 0.418 e. The van der Waals surface area contributed by atoms with Gasteiger partial charge in [0.05, 0.1) is 28.6 Å². The van der Waals surface area contributed by atoms with Crippen molar-refractivity contribution in [1.82, 2.24) is 15.0 Å². The highest BCUT2D eigenvalue weighted by Crippen LogP contribution is 2.38. The molecule has 0 saturated carbocycles. The van der Waals surface area contributed by atoms with Crippen LogP contribution in [0.5, 0.6) is 5.75 Å². The molecule has 0 aliphatic heterocycles. The molecule has 156 valence electrons. The van der Waals surface area contributed by atoms with Crippen LogP contribution in [0.15, 0.2) is 29.3 Å². The number of hydrogen-bond acceptors (Lipinski definition) is 7. The molecule has 0 bridgehead atoms. The lowest BCUT2D eigenvalue weighted by molar-refractivity contribution is -0.136. The van der Waals surface area contributed by atoms with Gasteiger partial charge < -0.3 is 20.4 Å². The third-order valence-electron chi connectivity index (χ3n) is 4.03. The van der Waals surface area contributed by atoms with Crippen molar-refractivity contribution in [2.75, 3.05) is 30.5 Å². The Morgan fingerprint density at radius 1 is 1.24 bits per heavy atom. The first-order valence-corrected chi connectivity index (χ1v) is 10.3. The molecule has 2 heterocycles. The summed E-state index contributed by atoms with van der Waals surface area (Å²) in [5.41, 5.74) is -0.521. The van der Waals surface area contributed by atoms with Gasteiger partial charge in [-0.1, -0.05) is 0 Å². The molecule has 0 atom stereocenters. The molecule has 0 amide bonds. The van der Waals surface area contributed by atoms with Gasteiger partial charge in [-0.15, -0.1) is 0 Å². The normalized spacial score (nSPS) is 12.2. The lowest BCUT2D eigenvalue weighted by Gasteiger charge is -2.13. The van der Waals surface area contributed by atoms with Crippen LogP contribution in [-0.2, 0) is 16.0 Å². The third-order valence-corrected chi connectivity index (χ3v) is 5.14. The highest BCUT2D eigenvalue weighted by molar-refractivity contribution is 7.90. The Bertz CT molecular complexity index is 1160. The zero-order valence-corrected chi connectivity index (χ0v) is 16.5. The summed E-state index contributed by atoms with van der Waals surface area (Å²) in [6.45, 7) is 2.08. The Kier molecular flexibility index (Phi) is 5.30. The Balaban J connectivity index is 2.07. The summed E-state index contributed by atoms with van der Waals surface area (Å²) in [7, 11) is -2.08. The minimum Gasteiger partial charge on any atom is -0.495 e. The summed E-state index contributed by atoms with van der Waals surface area (Å²) in [5.74, 6) is 0.235. The largest absolute Gasteiger partial charge is 0.495 e. The molecule has 0 fully saturated rings. The number of nitrogens with zero attached hydrogens (tertiary/aromatic N) is 2. The van der Waals surface area contributed by atoms with Crippen LogP contribution in [0, 0.1) is 0 Å². The summed E-state index contributed by atoms with van der Waals surface area (Å²) >= 11 is 0. The SMILES string of the molecule is CCNc1nc(Nc2ccc(S(C)(=O)=O)cc2OC)nc2[nH]cc(C(F)(F)F)c12. The lowest BCUT2D eigenvalue weighted by Crippen LogP contribution is -2.09. The van der Waals surface area contributed by atoms with E-state index in [-0.39, 0.29) is 33.4 Å². The standard InChI is InChI=1S/C17H18F3N5O3S/c1-4-21-14-13-10(17(18,19)20)8-22-15(13)25-16(24-14)23-11-6-5-9(29(3,26)27)7-12(11)28-2/h5-8H,4H2,1-3H3,(H3,21,22,23,24,25). The van der Waals surface area contributed by atoms with E-state index < -0.39 is 21.6 Å². The van der Waals surface area contributed by atoms with Crippen molar-refractivity contribution in [2.24, 2.45) is 0 Å². The maximum atomic E-state index is 13.3. The molecule has 2 aromatic heterocycles. The van der Waals surface area contributed by atoms with Gasteiger partial charge in [-0.3, -0.25) is 0 Å². The Hall–Kier alpha value is -3.02. The monoisotopic (exact) mass is 429 g/mol. The first kappa shape index (κ1) is 20.7. The average molecular weight is 429 g/mol. The molecule has 0 aliphatic rings. The Morgan fingerprint density at radius 2 is 1.97 bits per heavy atom. The summed E-state index contributed by atoms with van der Waals surface area (Å²) in [4.78, 5) is 10.8. The molecule has 3 N–H and O–H groups in total. The van der Waals surface area contributed by atoms with E-state index in [2.05, 4.69) is 25.6 Å². The van der Waals surface area contributed by atoms with Crippen LogP contribution in [0.2, 0.25) is 0 Å². The lowest BCUT2D eigenvalue weighted by atomic mass is 10.2. The minimum absolute atomic E-state index is 0.00232. The number of nitrogens with one attached hydrogen (secondary N) is 3. The van der Waals surface area contributed by atoms with E-state index in [0.29, 0.717) is 12.2 Å². The molecular formula is C17H18F3N5O3S. The van der Waals surface area contributed by atoms with E-state index in [1.54, 1.807) is 6.92 Å². The van der Waals surface area contributed by atoms with Gasteiger partial charge in [0.1, 0.15) is 17.2 Å². The van der Waals surface area contributed by atoms with Gasteiger partial charge in [0.25, 0.3) is 0 Å². The van der Waals surface area contributed by atoms with Crippen LogP contribution in [0.4, 0.5) is 30.6 Å². The number of halogens is 3. The number of methoxy groups -OCH3 is 1. The fraction of sp³-hybridized carbons (Fsp3) is 0.294. The highest BCUT2D eigenvalue weighted by Gasteiger charge is 2.35. The molecule has 0 aliphatic carbocycles. The minimum atomic E-state index is -4.56. The van der Waals surface area contributed by atoms with Gasteiger partial charge in [-0.05, 0) is 19.1 Å². The van der Waals surface area contributed by atoms with Crippen molar-refractivity contribution in [3.8, 4) is 5.75 Å². The summed E-state index contributed by atoms with van der Waals surface area (Å²) in [5, 5.41) is 5.51. The summed E-state index contributed by atoms with van der Waals surface area (Å²) < 4.78 is 68.4. The third kappa shape index (κ3) is 4.21. The predicted octanol–water partition coefficient (Wildman–Crippen LogP) is 3.56. The fourth-order valence-corrected chi connectivity index (χ4v) is 3.37. The van der Waals surface area contributed by atoms with Crippen molar-refractivity contribution in [3.05, 3.63) is 30.0 Å². The quantitative estimate of drug-likeness (QED) is 0.550. The molecule has 3 aromatic rings. The number of fused-ring (bicyclic) bond motifs is 1. The number of benzene rings is 1. The second-order valence-corrected chi connectivity index (χ2v) is 8.12. The van der Waals surface area contributed by atoms with E-state index >= 15 is 0 Å². The highest BCUT2D eigenvalue weighted by atomic mass is 32.2. The number of rotatable bonds is 6. The zero-order valence-electron chi connectivity index (χ0n) is 15.7. The number of aromatic nitrogens is 3. The predicted molar refractivity (Wildman–Crippen MR) is 102 cm³/mol. The molecular weight excluding hydrogens is 411 g/mol. The fourth-order valence-electron chi connectivity index (χ4n) is 2.73. The van der Waals surface area contributed by atoms with Crippen LogP contribution in [-0.4, -0.2) is 43.3 Å². The maximum Gasteiger partial charge on any atom is 0.418 e. The van der Waals surface area contributed by atoms with Gasteiger partial charge >= 0.3 is 6.18 Å². The average Bonchev–Trinajstić information content (AvgIpc) is 3.06. The molecule has 12 heteroatoms. The van der Waals surface area contributed by atoms with Gasteiger partial charge in [0, 0.05) is 25.1 Å². The second kappa shape index (κ2) is 7.43. The van der Waals surface area contributed by atoms with Gasteiger partial charge in [0.2, 0.25) is 5.95 Å². The van der Waals surface area contributed by atoms with E-state index in [1.807, 2.05) is 0 Å². The molecule has 0 saturated heterocycles. The Labute approximate surface area is 164 Å². The van der Waals surface area contributed by atoms with Gasteiger partial charge in [-0.2, -0.15) is 23.1 Å². The number of hydrogen-bond donors (Lipinski definition) is 3. The molecule has 1 aromatic carbocycles.